The molecule has 0 radical (unpaired) electrons. The molecule has 2 fully saturated rings. The number of nitrogens with zero attached hydrogens (tertiary/aromatic N) is 2. The Balaban J connectivity index is 1.75. The molecule has 3 rings (SSSR count). The molecule has 2 aliphatic rings. The van der Waals surface area contributed by atoms with Gasteiger partial charge in [-0.2, -0.15) is 0 Å². The fraction of sp³-hybridized carbons (Fsp3) is 0.667. The van der Waals surface area contributed by atoms with E-state index in [1.807, 2.05) is 23.2 Å². The number of hydrogen-bond donors (Lipinski definition) is 1. The quantitative estimate of drug-likeness (QED) is 0.906. The molecule has 1 saturated heterocycles. The SMILES string of the molecule is O=C(c1cccn1C1CCCC1)N1CCC(CO)C1. The molecule has 104 valence electrons. The lowest BCUT2D eigenvalue weighted by Crippen LogP contribution is -2.31. The van der Waals surface area contributed by atoms with E-state index in [4.69, 9.17) is 0 Å². The number of carbonyl (C=O) groups excluding carboxylic acids is 1. The molecule has 1 aromatic heterocycles. The Labute approximate surface area is 114 Å². The van der Waals surface area contributed by atoms with E-state index in [2.05, 4.69) is 4.57 Å². The van der Waals surface area contributed by atoms with E-state index >= 15 is 0 Å². The number of hydrogen-bond acceptors (Lipinski definition) is 2. The van der Waals surface area contributed by atoms with Crippen molar-refractivity contribution in [2.45, 2.75) is 38.1 Å². The number of aliphatic hydroxyl groups excluding tert-OH is 1. The molecule has 1 aromatic rings. The van der Waals surface area contributed by atoms with Crippen molar-refractivity contribution in [1.29, 1.82) is 0 Å². The van der Waals surface area contributed by atoms with E-state index in [0.29, 0.717) is 12.6 Å². The lowest BCUT2D eigenvalue weighted by atomic mass is 10.1. The van der Waals surface area contributed by atoms with Crippen molar-refractivity contribution in [3.63, 3.8) is 0 Å². The summed E-state index contributed by atoms with van der Waals surface area (Å²) in [5, 5.41) is 9.18. The van der Waals surface area contributed by atoms with Gasteiger partial charge in [0.2, 0.25) is 0 Å². The van der Waals surface area contributed by atoms with Gasteiger partial charge in [-0.1, -0.05) is 12.8 Å². The zero-order valence-electron chi connectivity index (χ0n) is 11.3. The first kappa shape index (κ1) is 12.7. The molecule has 1 N–H and O–H groups in total. The van der Waals surface area contributed by atoms with Gasteiger partial charge in [0.25, 0.3) is 5.91 Å². The standard InChI is InChI=1S/C15H22N2O2/c18-11-12-7-9-16(10-12)15(19)14-6-3-8-17(14)13-4-1-2-5-13/h3,6,8,12-13,18H,1-2,4-5,7,9-11H2. The minimum Gasteiger partial charge on any atom is -0.396 e. The maximum atomic E-state index is 12.6. The van der Waals surface area contributed by atoms with Crippen LogP contribution < -0.4 is 0 Å². The average molecular weight is 262 g/mol. The van der Waals surface area contributed by atoms with Crippen molar-refractivity contribution in [3.8, 4) is 0 Å². The van der Waals surface area contributed by atoms with Gasteiger partial charge in [0.1, 0.15) is 5.69 Å². The lowest BCUT2D eigenvalue weighted by molar-refractivity contribution is 0.0769. The summed E-state index contributed by atoms with van der Waals surface area (Å²) in [5.41, 5.74) is 0.825. The molecule has 0 spiro atoms. The highest BCUT2D eigenvalue weighted by atomic mass is 16.3. The highest BCUT2D eigenvalue weighted by Gasteiger charge is 2.29. The largest absolute Gasteiger partial charge is 0.396 e. The molecule has 19 heavy (non-hydrogen) atoms. The van der Waals surface area contributed by atoms with Crippen LogP contribution in [0, 0.1) is 5.92 Å². The maximum Gasteiger partial charge on any atom is 0.270 e. The van der Waals surface area contributed by atoms with Crippen LogP contribution in [0.3, 0.4) is 0 Å². The van der Waals surface area contributed by atoms with E-state index in [1.165, 1.54) is 25.7 Å². The zero-order chi connectivity index (χ0) is 13.2. The van der Waals surface area contributed by atoms with E-state index < -0.39 is 0 Å². The number of amides is 1. The van der Waals surface area contributed by atoms with E-state index in [-0.39, 0.29) is 18.4 Å². The molecular weight excluding hydrogens is 240 g/mol. The summed E-state index contributed by atoms with van der Waals surface area (Å²) in [5.74, 6) is 0.395. The number of carbonyl (C=O) groups is 1. The molecular formula is C15H22N2O2. The smallest absolute Gasteiger partial charge is 0.270 e. The minimum atomic E-state index is 0.132. The summed E-state index contributed by atoms with van der Waals surface area (Å²) in [6.45, 7) is 1.67. The van der Waals surface area contributed by atoms with Crippen LogP contribution in [0.4, 0.5) is 0 Å². The second kappa shape index (κ2) is 5.37. The molecule has 1 amide bonds. The van der Waals surface area contributed by atoms with Gasteiger partial charge in [-0.3, -0.25) is 4.79 Å². The van der Waals surface area contributed by atoms with E-state index in [1.54, 1.807) is 0 Å². The summed E-state index contributed by atoms with van der Waals surface area (Å²) < 4.78 is 2.17. The molecule has 0 bridgehead atoms. The van der Waals surface area contributed by atoms with E-state index in [9.17, 15) is 9.90 Å². The van der Waals surface area contributed by atoms with Crippen molar-refractivity contribution in [2.24, 2.45) is 5.92 Å². The lowest BCUT2D eigenvalue weighted by Gasteiger charge is -2.20. The molecule has 4 nitrogen and oxygen atoms in total. The fourth-order valence-corrected chi connectivity index (χ4v) is 3.40. The first-order valence-corrected chi connectivity index (χ1v) is 7.36. The minimum absolute atomic E-state index is 0.132. The van der Waals surface area contributed by atoms with Gasteiger partial charge in [-0.25, -0.2) is 0 Å². The number of aromatic nitrogens is 1. The average Bonchev–Trinajstić information content (AvgIpc) is 3.16. The van der Waals surface area contributed by atoms with Gasteiger partial charge in [-0.05, 0) is 31.4 Å². The van der Waals surface area contributed by atoms with Gasteiger partial charge >= 0.3 is 0 Å². The third-order valence-electron chi connectivity index (χ3n) is 4.55. The third-order valence-corrected chi connectivity index (χ3v) is 4.55. The Morgan fingerprint density at radius 3 is 2.79 bits per heavy atom. The van der Waals surface area contributed by atoms with Crippen LogP contribution in [0.25, 0.3) is 0 Å². The Morgan fingerprint density at radius 1 is 1.32 bits per heavy atom. The molecule has 0 aromatic carbocycles. The van der Waals surface area contributed by atoms with Gasteiger partial charge in [0, 0.05) is 37.9 Å². The van der Waals surface area contributed by atoms with Gasteiger partial charge < -0.3 is 14.6 Å². The Kier molecular flexibility index (Phi) is 3.60. The van der Waals surface area contributed by atoms with Crippen LogP contribution >= 0.6 is 0 Å². The topological polar surface area (TPSA) is 45.5 Å². The second-order valence-electron chi connectivity index (χ2n) is 5.83. The zero-order valence-corrected chi connectivity index (χ0v) is 11.3. The van der Waals surface area contributed by atoms with Crippen molar-refractivity contribution in [1.82, 2.24) is 9.47 Å². The maximum absolute atomic E-state index is 12.6. The summed E-state index contributed by atoms with van der Waals surface area (Å²) in [6, 6.07) is 4.42. The van der Waals surface area contributed by atoms with Crippen LogP contribution in [0.5, 0.6) is 0 Å². The Hall–Kier alpha value is -1.29. The monoisotopic (exact) mass is 262 g/mol. The van der Waals surface area contributed by atoms with Crippen LogP contribution in [-0.4, -0.2) is 40.2 Å². The number of rotatable bonds is 3. The second-order valence-corrected chi connectivity index (χ2v) is 5.83. The van der Waals surface area contributed by atoms with E-state index in [0.717, 1.165) is 18.7 Å². The predicted octanol–water partition coefficient (Wildman–Crippen LogP) is 2.06. The van der Waals surface area contributed by atoms with Crippen molar-refractivity contribution in [2.75, 3.05) is 19.7 Å². The van der Waals surface area contributed by atoms with Crippen LogP contribution in [0.2, 0.25) is 0 Å². The summed E-state index contributed by atoms with van der Waals surface area (Å²) in [6.07, 6.45) is 7.89. The molecule has 1 aliphatic carbocycles. The predicted molar refractivity (Wildman–Crippen MR) is 73.0 cm³/mol. The first-order valence-electron chi connectivity index (χ1n) is 7.36. The van der Waals surface area contributed by atoms with Gasteiger partial charge in [0.15, 0.2) is 0 Å². The summed E-state index contributed by atoms with van der Waals surface area (Å²) >= 11 is 0. The first-order chi connectivity index (χ1) is 9.29. The number of likely N-dealkylation sites (tertiary alicyclic amines) is 1. The van der Waals surface area contributed by atoms with Crippen LogP contribution in [0.1, 0.15) is 48.6 Å². The third kappa shape index (κ3) is 2.41. The Bertz CT molecular complexity index is 449. The normalized spacial score (nSPS) is 24.3. The van der Waals surface area contributed by atoms with Gasteiger partial charge in [-0.15, -0.1) is 0 Å². The molecule has 1 atom stereocenters. The molecule has 4 heteroatoms. The van der Waals surface area contributed by atoms with Crippen LogP contribution in [-0.2, 0) is 0 Å². The fourth-order valence-electron chi connectivity index (χ4n) is 3.40. The molecule has 1 aliphatic heterocycles. The molecule has 2 heterocycles. The molecule has 1 saturated carbocycles. The molecule has 1 unspecified atom stereocenters. The highest BCUT2D eigenvalue weighted by molar-refractivity contribution is 5.93. The van der Waals surface area contributed by atoms with Gasteiger partial charge in [0.05, 0.1) is 0 Å². The van der Waals surface area contributed by atoms with Crippen molar-refractivity contribution < 1.29 is 9.90 Å². The Morgan fingerprint density at radius 2 is 2.11 bits per heavy atom. The van der Waals surface area contributed by atoms with Crippen molar-refractivity contribution >= 4 is 5.91 Å². The highest BCUT2D eigenvalue weighted by Crippen LogP contribution is 2.31. The van der Waals surface area contributed by atoms with Crippen LogP contribution in [0.15, 0.2) is 18.3 Å². The summed E-state index contributed by atoms with van der Waals surface area (Å²) in [4.78, 5) is 14.5. The van der Waals surface area contributed by atoms with Crippen molar-refractivity contribution in [3.05, 3.63) is 24.0 Å². The number of aliphatic hydroxyl groups is 1. The summed E-state index contributed by atoms with van der Waals surface area (Å²) in [7, 11) is 0.